The van der Waals surface area contributed by atoms with E-state index in [0.717, 1.165) is 0 Å². The van der Waals surface area contributed by atoms with Crippen LogP contribution in [0, 0.1) is 0 Å². The van der Waals surface area contributed by atoms with Gasteiger partial charge in [-0.25, -0.2) is 0 Å². The Morgan fingerprint density at radius 2 is 2.12 bits per heavy atom. The van der Waals surface area contributed by atoms with Crippen LogP contribution >= 0.6 is 11.6 Å². The van der Waals surface area contributed by atoms with Gasteiger partial charge < -0.3 is 9.84 Å². The van der Waals surface area contributed by atoms with Gasteiger partial charge in [0.25, 0.3) is 0 Å². The summed E-state index contributed by atoms with van der Waals surface area (Å²) in [5.41, 5.74) is 0.272. The molecule has 0 fully saturated rings. The van der Waals surface area contributed by atoms with Crippen molar-refractivity contribution in [2.24, 2.45) is 0 Å². The zero-order valence-electron chi connectivity index (χ0n) is 9.86. The number of aromatic nitrogens is 3. The van der Waals surface area contributed by atoms with Gasteiger partial charge >= 0.3 is 0 Å². The van der Waals surface area contributed by atoms with E-state index < -0.39 is 0 Å². The van der Waals surface area contributed by atoms with E-state index in [2.05, 4.69) is 20.4 Å². The fourth-order valence-corrected chi connectivity index (χ4v) is 1.31. The summed E-state index contributed by atoms with van der Waals surface area (Å²) < 4.78 is 5.21. The van der Waals surface area contributed by atoms with Gasteiger partial charge in [-0.15, -0.1) is 0 Å². The Morgan fingerprint density at radius 1 is 1.35 bits per heavy atom. The third-order valence-electron chi connectivity index (χ3n) is 2.54. The van der Waals surface area contributed by atoms with E-state index in [1.807, 2.05) is 20.9 Å². The molecule has 0 spiro atoms. The minimum atomic E-state index is -0.363. The molecule has 0 saturated heterocycles. The highest BCUT2D eigenvalue weighted by molar-refractivity contribution is 6.30. The lowest BCUT2D eigenvalue weighted by atomic mass is 10.1. The zero-order valence-corrected chi connectivity index (χ0v) is 10.6. The Labute approximate surface area is 104 Å². The van der Waals surface area contributed by atoms with Crippen LogP contribution in [0.4, 0.5) is 0 Å². The predicted molar refractivity (Wildman–Crippen MR) is 64.6 cm³/mol. The molecule has 17 heavy (non-hydrogen) atoms. The molecular weight excluding hydrogens is 240 g/mol. The number of rotatable bonds is 3. The Balaban J connectivity index is 2.33. The smallest absolute Gasteiger partial charge is 0.246 e. The first-order valence-electron chi connectivity index (χ1n) is 5.18. The summed E-state index contributed by atoms with van der Waals surface area (Å²) in [6, 6.07) is 3.49. The molecule has 0 aliphatic rings. The van der Waals surface area contributed by atoms with Crippen LogP contribution in [0.25, 0.3) is 11.5 Å². The molecule has 0 amide bonds. The predicted octanol–water partition coefficient (Wildman–Crippen LogP) is 2.24. The molecule has 0 atom stereocenters. The fourth-order valence-electron chi connectivity index (χ4n) is 1.20. The number of pyridine rings is 1. The molecule has 0 radical (unpaired) electrons. The van der Waals surface area contributed by atoms with E-state index >= 15 is 0 Å². The van der Waals surface area contributed by atoms with E-state index in [-0.39, 0.29) is 5.54 Å². The lowest BCUT2D eigenvalue weighted by Crippen LogP contribution is -2.33. The highest BCUT2D eigenvalue weighted by Gasteiger charge is 2.25. The third kappa shape index (κ3) is 2.45. The van der Waals surface area contributed by atoms with Gasteiger partial charge in [0.2, 0.25) is 11.7 Å². The van der Waals surface area contributed by atoms with Crippen LogP contribution in [0.5, 0.6) is 0 Å². The SMILES string of the molecule is CNC(C)(C)c1nc(-c2ccc(Cl)cn2)no1. The maximum Gasteiger partial charge on any atom is 0.246 e. The van der Waals surface area contributed by atoms with Crippen LogP contribution in [-0.4, -0.2) is 22.2 Å². The van der Waals surface area contributed by atoms with Crippen molar-refractivity contribution in [3.8, 4) is 11.5 Å². The van der Waals surface area contributed by atoms with Gasteiger partial charge in [-0.1, -0.05) is 16.8 Å². The molecule has 5 nitrogen and oxygen atoms in total. The molecule has 0 bridgehead atoms. The van der Waals surface area contributed by atoms with Crippen molar-refractivity contribution in [2.45, 2.75) is 19.4 Å². The molecule has 90 valence electrons. The number of nitrogens with zero attached hydrogens (tertiary/aromatic N) is 3. The van der Waals surface area contributed by atoms with Crippen LogP contribution < -0.4 is 5.32 Å². The molecule has 2 aromatic rings. The van der Waals surface area contributed by atoms with Crippen molar-refractivity contribution in [3.05, 3.63) is 29.2 Å². The van der Waals surface area contributed by atoms with Crippen LogP contribution in [0.1, 0.15) is 19.7 Å². The van der Waals surface area contributed by atoms with E-state index in [1.54, 1.807) is 18.3 Å². The van der Waals surface area contributed by atoms with E-state index in [4.69, 9.17) is 16.1 Å². The maximum atomic E-state index is 5.76. The van der Waals surface area contributed by atoms with Crippen molar-refractivity contribution in [1.82, 2.24) is 20.4 Å². The molecule has 0 saturated carbocycles. The fraction of sp³-hybridized carbons (Fsp3) is 0.364. The summed E-state index contributed by atoms with van der Waals surface area (Å²) >= 11 is 5.76. The first-order chi connectivity index (χ1) is 8.03. The Bertz CT molecular complexity index is 506. The van der Waals surface area contributed by atoms with Crippen LogP contribution in [0.2, 0.25) is 5.02 Å². The lowest BCUT2D eigenvalue weighted by Gasteiger charge is -2.17. The molecule has 2 rings (SSSR count). The van der Waals surface area contributed by atoms with Gasteiger partial charge in [-0.3, -0.25) is 4.98 Å². The molecule has 0 aliphatic carbocycles. The summed E-state index contributed by atoms with van der Waals surface area (Å²) in [6.07, 6.45) is 1.55. The highest BCUT2D eigenvalue weighted by atomic mass is 35.5. The molecule has 1 N–H and O–H groups in total. The number of nitrogens with one attached hydrogen (secondary N) is 1. The van der Waals surface area contributed by atoms with Crippen molar-refractivity contribution >= 4 is 11.6 Å². The molecule has 0 aromatic carbocycles. The summed E-state index contributed by atoms with van der Waals surface area (Å²) in [5, 5.41) is 7.57. The molecule has 0 aliphatic heterocycles. The molecule has 6 heteroatoms. The zero-order chi connectivity index (χ0) is 12.5. The van der Waals surface area contributed by atoms with E-state index in [0.29, 0.717) is 22.4 Å². The summed E-state index contributed by atoms with van der Waals surface area (Å²) in [7, 11) is 1.84. The largest absolute Gasteiger partial charge is 0.337 e. The van der Waals surface area contributed by atoms with Crippen LogP contribution in [0.3, 0.4) is 0 Å². The second-order valence-electron chi connectivity index (χ2n) is 4.16. The number of hydrogen-bond acceptors (Lipinski definition) is 5. The Morgan fingerprint density at radius 3 is 2.71 bits per heavy atom. The average molecular weight is 253 g/mol. The molecule has 2 aromatic heterocycles. The van der Waals surface area contributed by atoms with Crippen molar-refractivity contribution in [1.29, 1.82) is 0 Å². The average Bonchev–Trinajstić information content (AvgIpc) is 2.80. The molecule has 2 heterocycles. The minimum absolute atomic E-state index is 0.363. The lowest BCUT2D eigenvalue weighted by molar-refractivity contribution is 0.281. The summed E-state index contributed by atoms with van der Waals surface area (Å²) in [5.74, 6) is 0.978. The second-order valence-corrected chi connectivity index (χ2v) is 4.60. The van der Waals surface area contributed by atoms with Gasteiger partial charge in [0.1, 0.15) is 5.69 Å². The normalized spacial score (nSPS) is 11.8. The first kappa shape index (κ1) is 12.0. The number of halogens is 1. The molecular formula is C11H13ClN4O. The second kappa shape index (κ2) is 4.43. The van der Waals surface area contributed by atoms with Crippen LogP contribution in [0.15, 0.2) is 22.9 Å². The van der Waals surface area contributed by atoms with Crippen LogP contribution in [-0.2, 0) is 5.54 Å². The monoisotopic (exact) mass is 252 g/mol. The van der Waals surface area contributed by atoms with Gasteiger partial charge in [-0.2, -0.15) is 4.98 Å². The third-order valence-corrected chi connectivity index (χ3v) is 2.77. The highest BCUT2D eigenvalue weighted by Crippen LogP contribution is 2.21. The number of hydrogen-bond donors (Lipinski definition) is 1. The van der Waals surface area contributed by atoms with Gasteiger partial charge in [0.15, 0.2) is 0 Å². The van der Waals surface area contributed by atoms with Crippen molar-refractivity contribution < 1.29 is 4.52 Å². The van der Waals surface area contributed by atoms with Crippen molar-refractivity contribution in [2.75, 3.05) is 7.05 Å². The Kier molecular flexibility index (Phi) is 3.13. The van der Waals surface area contributed by atoms with Gasteiger partial charge in [0, 0.05) is 6.20 Å². The summed E-state index contributed by atoms with van der Waals surface area (Å²) in [6.45, 7) is 3.92. The topological polar surface area (TPSA) is 63.8 Å². The standard InChI is InChI=1S/C11H13ClN4O/c1-11(2,13-3)10-15-9(16-17-10)8-5-4-7(12)6-14-8/h4-6,13H,1-3H3. The molecule has 0 unspecified atom stereocenters. The Hall–Kier alpha value is -1.46. The van der Waals surface area contributed by atoms with Gasteiger partial charge in [-0.05, 0) is 33.0 Å². The van der Waals surface area contributed by atoms with Crippen molar-refractivity contribution in [3.63, 3.8) is 0 Å². The van der Waals surface area contributed by atoms with Gasteiger partial charge in [0.05, 0.1) is 10.6 Å². The van der Waals surface area contributed by atoms with E-state index in [9.17, 15) is 0 Å². The maximum absolute atomic E-state index is 5.76. The quantitative estimate of drug-likeness (QED) is 0.908. The summed E-state index contributed by atoms with van der Waals surface area (Å²) in [4.78, 5) is 8.44. The van der Waals surface area contributed by atoms with E-state index in [1.165, 1.54) is 0 Å². The minimum Gasteiger partial charge on any atom is -0.337 e. The first-order valence-corrected chi connectivity index (χ1v) is 5.56.